The van der Waals surface area contributed by atoms with Crippen LogP contribution in [0.15, 0.2) is 29.4 Å². The van der Waals surface area contributed by atoms with Crippen molar-refractivity contribution in [3.8, 4) is 5.75 Å². The number of ether oxygens (including phenoxy) is 1. The first-order valence-corrected chi connectivity index (χ1v) is 10.4. The van der Waals surface area contributed by atoms with Gasteiger partial charge in [0.25, 0.3) is 10.0 Å². The van der Waals surface area contributed by atoms with Crippen LogP contribution in [0.25, 0.3) is 0 Å². The van der Waals surface area contributed by atoms with E-state index >= 15 is 0 Å². The van der Waals surface area contributed by atoms with E-state index in [1.54, 1.807) is 0 Å². The number of urea groups is 1. The molecule has 0 fully saturated rings. The molecule has 2 rings (SSSR count). The smallest absolute Gasteiger partial charge is 0.333 e. The topological polar surface area (TPSA) is 110 Å². The molecule has 0 aliphatic carbocycles. The zero-order chi connectivity index (χ0) is 21.1. The summed E-state index contributed by atoms with van der Waals surface area (Å²) >= 11 is 0. The molecule has 1 heterocycles. The van der Waals surface area contributed by atoms with Crippen molar-refractivity contribution >= 4 is 21.7 Å². The first kappa shape index (κ1) is 21.6. The molecule has 1 aromatic heterocycles. The minimum absolute atomic E-state index is 0.00336. The molecule has 28 heavy (non-hydrogen) atoms. The standard InChI is InChI=1S/C19H26N4O4S/c1-11(2)14-9-13(5)10-15(12(3)4)17(14)21-19(24)23-28(25,26)18-16(27-6)7-8-20-22-18/h7-12H,1-6H3,(H2,21,23,24). The van der Waals surface area contributed by atoms with Crippen LogP contribution in [0.1, 0.15) is 56.2 Å². The number of benzene rings is 1. The highest BCUT2D eigenvalue weighted by atomic mass is 32.2. The molecular formula is C19H26N4O4S. The van der Waals surface area contributed by atoms with Gasteiger partial charge in [-0.15, -0.1) is 5.10 Å². The maximum Gasteiger partial charge on any atom is 0.333 e. The van der Waals surface area contributed by atoms with Crippen LogP contribution in [0.5, 0.6) is 5.75 Å². The molecule has 8 nitrogen and oxygen atoms in total. The summed E-state index contributed by atoms with van der Waals surface area (Å²) < 4.78 is 32.1. The lowest BCUT2D eigenvalue weighted by molar-refractivity contribution is 0.256. The first-order chi connectivity index (χ1) is 13.1. The third kappa shape index (κ3) is 4.78. The normalized spacial score (nSPS) is 11.6. The van der Waals surface area contributed by atoms with Crippen molar-refractivity contribution in [2.75, 3.05) is 12.4 Å². The Kier molecular flexibility index (Phi) is 6.60. The molecule has 0 radical (unpaired) electrons. The number of anilines is 1. The fourth-order valence-electron chi connectivity index (χ4n) is 2.86. The van der Waals surface area contributed by atoms with Crippen LogP contribution in [0.2, 0.25) is 0 Å². The van der Waals surface area contributed by atoms with E-state index < -0.39 is 21.1 Å². The Morgan fingerprint density at radius 2 is 1.68 bits per heavy atom. The molecule has 0 saturated carbocycles. The number of hydrogen-bond donors (Lipinski definition) is 2. The van der Waals surface area contributed by atoms with E-state index in [1.807, 2.05) is 51.5 Å². The zero-order valence-corrected chi connectivity index (χ0v) is 17.7. The van der Waals surface area contributed by atoms with Crippen molar-refractivity contribution in [2.24, 2.45) is 0 Å². The lowest BCUT2D eigenvalue weighted by Gasteiger charge is -2.21. The number of methoxy groups -OCH3 is 1. The number of sulfonamides is 1. The highest BCUT2D eigenvalue weighted by molar-refractivity contribution is 7.90. The van der Waals surface area contributed by atoms with E-state index in [1.165, 1.54) is 19.4 Å². The Labute approximate surface area is 165 Å². The van der Waals surface area contributed by atoms with Crippen LogP contribution in [0, 0.1) is 6.92 Å². The van der Waals surface area contributed by atoms with Gasteiger partial charge in [0.2, 0.25) is 5.03 Å². The number of rotatable bonds is 6. The summed E-state index contributed by atoms with van der Waals surface area (Å²) in [5.74, 6) is 0.283. The van der Waals surface area contributed by atoms with Crippen LogP contribution in [0.4, 0.5) is 10.5 Å². The molecule has 2 amide bonds. The number of nitrogens with zero attached hydrogens (tertiary/aromatic N) is 2. The van der Waals surface area contributed by atoms with Gasteiger partial charge in [0.05, 0.1) is 13.3 Å². The van der Waals surface area contributed by atoms with Crippen LogP contribution in [0.3, 0.4) is 0 Å². The second-order valence-electron chi connectivity index (χ2n) is 7.09. The monoisotopic (exact) mass is 406 g/mol. The minimum Gasteiger partial charge on any atom is -0.494 e. The first-order valence-electron chi connectivity index (χ1n) is 8.90. The van der Waals surface area contributed by atoms with Gasteiger partial charge in [0, 0.05) is 11.8 Å². The molecule has 0 saturated heterocycles. The van der Waals surface area contributed by atoms with E-state index in [4.69, 9.17) is 4.74 Å². The molecule has 0 unspecified atom stereocenters. The average Bonchev–Trinajstić information content (AvgIpc) is 2.61. The summed E-state index contributed by atoms with van der Waals surface area (Å²) in [6.07, 6.45) is 1.30. The van der Waals surface area contributed by atoms with Crippen LogP contribution < -0.4 is 14.8 Å². The van der Waals surface area contributed by atoms with Crippen LogP contribution in [-0.2, 0) is 10.0 Å². The van der Waals surface area contributed by atoms with Gasteiger partial charge >= 0.3 is 6.03 Å². The van der Waals surface area contributed by atoms with E-state index in [9.17, 15) is 13.2 Å². The highest BCUT2D eigenvalue weighted by Gasteiger charge is 2.25. The van der Waals surface area contributed by atoms with Gasteiger partial charge in [-0.25, -0.2) is 9.52 Å². The summed E-state index contributed by atoms with van der Waals surface area (Å²) in [7, 11) is -2.95. The molecule has 2 N–H and O–H groups in total. The van der Waals surface area contributed by atoms with Gasteiger partial charge < -0.3 is 10.1 Å². The van der Waals surface area contributed by atoms with Crippen molar-refractivity contribution in [1.82, 2.24) is 14.9 Å². The predicted molar refractivity (Wildman–Crippen MR) is 107 cm³/mol. The second kappa shape index (κ2) is 8.55. The third-order valence-corrected chi connectivity index (χ3v) is 5.43. The van der Waals surface area contributed by atoms with Crippen molar-refractivity contribution in [3.63, 3.8) is 0 Å². The fraction of sp³-hybridized carbons (Fsp3) is 0.421. The average molecular weight is 407 g/mol. The van der Waals surface area contributed by atoms with Gasteiger partial charge in [-0.05, 0) is 29.9 Å². The number of aromatic nitrogens is 2. The van der Waals surface area contributed by atoms with Crippen molar-refractivity contribution in [1.29, 1.82) is 0 Å². The summed E-state index contributed by atoms with van der Waals surface area (Å²) in [6.45, 7) is 10.1. The Hall–Kier alpha value is -2.68. The molecule has 0 bridgehead atoms. The van der Waals surface area contributed by atoms with Gasteiger partial charge in [0.1, 0.15) is 0 Å². The Morgan fingerprint density at radius 3 is 2.18 bits per heavy atom. The van der Waals surface area contributed by atoms with Crippen molar-refractivity contribution in [2.45, 2.75) is 51.5 Å². The van der Waals surface area contributed by atoms with Crippen molar-refractivity contribution < 1.29 is 17.9 Å². The molecule has 0 aliphatic rings. The van der Waals surface area contributed by atoms with Gasteiger partial charge in [0.15, 0.2) is 5.75 Å². The molecule has 0 atom stereocenters. The second-order valence-corrected chi connectivity index (χ2v) is 8.69. The molecule has 2 aromatic rings. The summed E-state index contributed by atoms with van der Waals surface area (Å²) in [5, 5.41) is 9.39. The Balaban J connectivity index is 2.38. The number of carbonyl (C=O) groups is 1. The summed E-state index contributed by atoms with van der Waals surface area (Å²) in [5.41, 5.74) is 3.58. The fourth-order valence-corrected chi connectivity index (χ4v) is 3.82. The number of nitrogens with one attached hydrogen (secondary N) is 2. The number of carbonyl (C=O) groups excluding carboxylic acids is 1. The minimum atomic E-state index is -4.26. The Morgan fingerprint density at radius 1 is 1.11 bits per heavy atom. The van der Waals surface area contributed by atoms with Gasteiger partial charge in [-0.3, -0.25) is 0 Å². The SMILES string of the molecule is COc1ccnnc1S(=O)(=O)NC(=O)Nc1c(C(C)C)cc(C)cc1C(C)C. The maximum atomic E-state index is 12.5. The van der Waals surface area contributed by atoms with E-state index in [2.05, 4.69) is 15.5 Å². The lowest BCUT2D eigenvalue weighted by Crippen LogP contribution is -2.35. The molecule has 1 aromatic carbocycles. The zero-order valence-electron chi connectivity index (χ0n) is 16.9. The number of aryl methyl sites for hydroxylation is 1. The van der Waals surface area contributed by atoms with Crippen LogP contribution in [-0.4, -0.2) is 31.8 Å². The maximum absolute atomic E-state index is 12.5. The Bertz CT molecular complexity index is 943. The largest absolute Gasteiger partial charge is 0.494 e. The quantitative estimate of drug-likeness (QED) is 0.759. The number of amides is 2. The van der Waals surface area contributed by atoms with Crippen LogP contribution >= 0.6 is 0 Å². The molecule has 0 spiro atoms. The van der Waals surface area contributed by atoms with E-state index in [-0.39, 0.29) is 17.6 Å². The summed E-state index contributed by atoms with van der Waals surface area (Å²) in [6, 6.07) is 4.46. The highest BCUT2D eigenvalue weighted by Crippen LogP contribution is 2.34. The van der Waals surface area contributed by atoms with Gasteiger partial charge in [-0.2, -0.15) is 13.5 Å². The van der Waals surface area contributed by atoms with Crippen molar-refractivity contribution in [3.05, 3.63) is 41.1 Å². The number of hydrogen-bond acceptors (Lipinski definition) is 6. The molecular weight excluding hydrogens is 380 g/mol. The predicted octanol–water partition coefficient (Wildman–Crippen LogP) is 3.55. The lowest BCUT2D eigenvalue weighted by atomic mass is 9.90. The third-order valence-electron chi connectivity index (χ3n) is 4.18. The molecule has 0 aliphatic heterocycles. The van der Waals surface area contributed by atoms with E-state index in [0.717, 1.165) is 16.7 Å². The molecule has 9 heteroatoms. The summed E-state index contributed by atoms with van der Waals surface area (Å²) in [4.78, 5) is 12.5. The van der Waals surface area contributed by atoms with E-state index in [0.29, 0.717) is 5.69 Å². The van der Waals surface area contributed by atoms with Gasteiger partial charge in [-0.1, -0.05) is 45.4 Å². The molecule has 152 valence electrons.